The van der Waals surface area contributed by atoms with Crippen molar-refractivity contribution >= 4 is 0 Å². The zero-order chi connectivity index (χ0) is 9.90. The smallest absolute Gasteiger partial charge is 0.189 e. The lowest BCUT2D eigenvalue weighted by Crippen LogP contribution is -2.48. The molecule has 0 aromatic carbocycles. The fourth-order valence-electron chi connectivity index (χ4n) is 1.54. The summed E-state index contributed by atoms with van der Waals surface area (Å²) in [7, 11) is 1.95. The first-order valence-corrected chi connectivity index (χ1v) is 4.75. The molecule has 0 radical (unpaired) electrons. The summed E-state index contributed by atoms with van der Waals surface area (Å²) in [5, 5.41) is 9.40. The van der Waals surface area contributed by atoms with Gasteiger partial charge in [-0.05, 0) is 26.8 Å². The highest BCUT2D eigenvalue weighted by Gasteiger charge is 2.41. The predicted molar refractivity (Wildman–Crippen MR) is 48.2 cm³/mol. The average Bonchev–Trinajstić information content (AvgIpc) is 2.11. The zero-order valence-corrected chi connectivity index (χ0v) is 8.29. The van der Waals surface area contributed by atoms with E-state index in [9.17, 15) is 9.50 Å². The van der Waals surface area contributed by atoms with E-state index in [1.807, 2.05) is 7.05 Å². The fraction of sp³-hybridized carbons (Fsp3) is 1.00. The highest BCUT2D eigenvalue weighted by atomic mass is 19.1. The van der Waals surface area contributed by atoms with Crippen LogP contribution in [0.4, 0.5) is 4.39 Å². The third kappa shape index (κ3) is 2.62. The van der Waals surface area contributed by atoms with Crippen LogP contribution >= 0.6 is 0 Å². The minimum absolute atomic E-state index is 0.350. The maximum Gasteiger partial charge on any atom is 0.189 e. The molecule has 0 aromatic heterocycles. The third-order valence-corrected chi connectivity index (χ3v) is 2.59. The van der Waals surface area contributed by atoms with Gasteiger partial charge < -0.3 is 14.7 Å². The van der Waals surface area contributed by atoms with Crippen molar-refractivity contribution in [3.8, 4) is 0 Å². The van der Waals surface area contributed by atoms with E-state index in [4.69, 9.17) is 4.74 Å². The van der Waals surface area contributed by atoms with Gasteiger partial charge >= 0.3 is 0 Å². The number of halogens is 1. The van der Waals surface area contributed by atoms with Gasteiger partial charge in [-0.2, -0.15) is 0 Å². The molecule has 78 valence electrons. The Kier molecular flexibility index (Phi) is 3.64. The van der Waals surface area contributed by atoms with Crippen LogP contribution in [0.2, 0.25) is 0 Å². The summed E-state index contributed by atoms with van der Waals surface area (Å²) in [4.78, 5) is 2.05. The molecule has 4 heteroatoms. The van der Waals surface area contributed by atoms with Crippen LogP contribution in [0.3, 0.4) is 0 Å². The van der Waals surface area contributed by atoms with Crippen molar-refractivity contribution in [3.05, 3.63) is 0 Å². The molecule has 3 nitrogen and oxygen atoms in total. The minimum atomic E-state index is -1.54. The Morgan fingerprint density at radius 2 is 2.08 bits per heavy atom. The molecule has 1 aliphatic rings. The normalized spacial score (nSPS) is 25.8. The van der Waals surface area contributed by atoms with Crippen molar-refractivity contribution in [2.75, 3.05) is 26.7 Å². The van der Waals surface area contributed by atoms with Gasteiger partial charge in [-0.3, -0.25) is 0 Å². The van der Waals surface area contributed by atoms with Crippen LogP contribution in [-0.4, -0.2) is 48.7 Å². The second kappa shape index (κ2) is 4.35. The number of rotatable bonds is 3. The highest BCUT2D eigenvalue weighted by Crippen LogP contribution is 2.30. The molecule has 0 spiro atoms. The number of piperidine rings is 1. The van der Waals surface area contributed by atoms with Crippen LogP contribution in [0.15, 0.2) is 0 Å². The lowest BCUT2D eigenvalue weighted by Gasteiger charge is -2.36. The number of alkyl halides is 1. The first kappa shape index (κ1) is 10.9. The van der Waals surface area contributed by atoms with Gasteiger partial charge in [-0.25, -0.2) is 4.39 Å². The number of likely N-dealkylation sites (tertiary alicyclic amines) is 1. The fourth-order valence-corrected chi connectivity index (χ4v) is 1.54. The van der Waals surface area contributed by atoms with Crippen LogP contribution in [-0.2, 0) is 4.74 Å². The first-order chi connectivity index (χ1) is 6.08. The predicted octanol–water partition coefficient (Wildman–Crippen LogP) is 0.775. The van der Waals surface area contributed by atoms with E-state index in [0.29, 0.717) is 32.5 Å². The Bertz CT molecular complexity index is 158. The third-order valence-electron chi connectivity index (χ3n) is 2.59. The quantitative estimate of drug-likeness (QED) is 0.669. The molecule has 1 unspecified atom stereocenters. The lowest BCUT2D eigenvalue weighted by molar-refractivity contribution is -0.193. The number of ether oxygens (including phenoxy) is 1. The molecule has 1 fully saturated rings. The van der Waals surface area contributed by atoms with Crippen LogP contribution < -0.4 is 0 Å². The molecule has 0 saturated carbocycles. The van der Waals surface area contributed by atoms with Gasteiger partial charge in [-0.15, -0.1) is 0 Å². The van der Waals surface area contributed by atoms with Crippen LogP contribution in [0, 0.1) is 0 Å². The summed E-state index contributed by atoms with van der Waals surface area (Å²) in [5.41, 5.74) is -1.54. The number of hydrogen-bond acceptors (Lipinski definition) is 3. The highest BCUT2D eigenvalue weighted by molar-refractivity contribution is 4.87. The molecule has 0 aliphatic carbocycles. The van der Waals surface area contributed by atoms with Crippen LogP contribution in [0.1, 0.15) is 19.8 Å². The Labute approximate surface area is 78.5 Å². The van der Waals surface area contributed by atoms with E-state index in [2.05, 4.69) is 4.90 Å². The van der Waals surface area contributed by atoms with E-state index < -0.39 is 12.0 Å². The molecule has 0 amide bonds. The molecule has 0 bridgehead atoms. The Morgan fingerprint density at radius 3 is 2.54 bits per heavy atom. The van der Waals surface area contributed by atoms with Crippen molar-refractivity contribution in [3.63, 3.8) is 0 Å². The molecule has 1 saturated heterocycles. The number of nitrogens with zero attached hydrogens (tertiary/aromatic N) is 1. The minimum Gasteiger partial charge on any atom is -0.365 e. The maximum atomic E-state index is 13.9. The summed E-state index contributed by atoms with van der Waals surface area (Å²) in [6, 6.07) is 0. The molecule has 1 rings (SSSR count). The Morgan fingerprint density at radius 1 is 1.54 bits per heavy atom. The van der Waals surface area contributed by atoms with E-state index >= 15 is 0 Å². The standard InChI is InChI=1S/C9H18FNO2/c1-3-13-8(12)9(10)4-6-11(2)7-5-9/h8,12H,3-7H2,1-2H3. The van der Waals surface area contributed by atoms with Gasteiger partial charge in [0, 0.05) is 19.7 Å². The SMILES string of the molecule is CCOC(O)C1(F)CCN(C)CC1. The van der Waals surface area contributed by atoms with Crippen molar-refractivity contribution in [1.82, 2.24) is 4.90 Å². The van der Waals surface area contributed by atoms with Crippen molar-refractivity contribution < 1.29 is 14.2 Å². The summed E-state index contributed by atoms with van der Waals surface area (Å²) >= 11 is 0. The Balaban J connectivity index is 2.46. The lowest BCUT2D eigenvalue weighted by atomic mass is 9.93. The van der Waals surface area contributed by atoms with Gasteiger partial charge in [0.05, 0.1) is 0 Å². The molecular formula is C9H18FNO2. The van der Waals surface area contributed by atoms with Crippen molar-refractivity contribution in [2.45, 2.75) is 31.7 Å². The van der Waals surface area contributed by atoms with E-state index in [1.165, 1.54) is 0 Å². The number of aliphatic hydroxyl groups is 1. The maximum absolute atomic E-state index is 13.9. The molecule has 13 heavy (non-hydrogen) atoms. The molecule has 1 atom stereocenters. The number of aliphatic hydroxyl groups excluding tert-OH is 1. The van der Waals surface area contributed by atoms with Gasteiger partial charge in [0.1, 0.15) is 0 Å². The van der Waals surface area contributed by atoms with Crippen LogP contribution in [0.25, 0.3) is 0 Å². The van der Waals surface area contributed by atoms with E-state index in [-0.39, 0.29) is 0 Å². The van der Waals surface area contributed by atoms with Gasteiger partial charge in [0.25, 0.3) is 0 Å². The summed E-state index contributed by atoms with van der Waals surface area (Å²) in [5.74, 6) is 0. The molecule has 1 aliphatic heterocycles. The second-order valence-corrected chi connectivity index (χ2v) is 3.65. The van der Waals surface area contributed by atoms with Crippen molar-refractivity contribution in [2.24, 2.45) is 0 Å². The van der Waals surface area contributed by atoms with Gasteiger partial charge in [0.2, 0.25) is 0 Å². The van der Waals surface area contributed by atoms with Gasteiger partial charge in [0.15, 0.2) is 12.0 Å². The molecule has 0 aromatic rings. The van der Waals surface area contributed by atoms with Gasteiger partial charge in [-0.1, -0.05) is 0 Å². The molecule has 1 heterocycles. The van der Waals surface area contributed by atoms with E-state index in [0.717, 1.165) is 0 Å². The summed E-state index contributed by atoms with van der Waals surface area (Å²) in [6.45, 7) is 3.46. The van der Waals surface area contributed by atoms with Crippen LogP contribution in [0.5, 0.6) is 0 Å². The summed E-state index contributed by atoms with van der Waals surface area (Å²) < 4.78 is 18.8. The summed E-state index contributed by atoms with van der Waals surface area (Å²) in [6.07, 6.45) is -0.554. The van der Waals surface area contributed by atoms with E-state index in [1.54, 1.807) is 6.92 Å². The van der Waals surface area contributed by atoms with Crippen molar-refractivity contribution in [1.29, 1.82) is 0 Å². The number of hydrogen-bond donors (Lipinski definition) is 1. The molecule has 1 N–H and O–H groups in total. The second-order valence-electron chi connectivity index (χ2n) is 3.65. The Hall–Kier alpha value is -0.190. The molecular weight excluding hydrogens is 173 g/mol. The largest absolute Gasteiger partial charge is 0.365 e. The first-order valence-electron chi connectivity index (χ1n) is 4.75. The zero-order valence-electron chi connectivity index (χ0n) is 8.29. The topological polar surface area (TPSA) is 32.7 Å². The monoisotopic (exact) mass is 191 g/mol. The average molecular weight is 191 g/mol.